The third-order valence-electron chi connectivity index (χ3n) is 2.07. The number of aryl methyl sites for hydroxylation is 1. The molecule has 82 valence electrons. The number of halogens is 1. The monoisotopic (exact) mass is 213 g/mol. The average molecular weight is 213 g/mol. The molecular formula is C10H12FNO3. The molecule has 0 unspecified atom stereocenters. The molecule has 0 spiro atoms. The Labute approximate surface area is 86.5 Å². The molecule has 0 aliphatic carbocycles. The van der Waals surface area contributed by atoms with Gasteiger partial charge in [-0.2, -0.15) is 0 Å². The highest BCUT2D eigenvalue weighted by atomic mass is 19.1. The highest BCUT2D eigenvalue weighted by molar-refractivity contribution is 5.40. The van der Waals surface area contributed by atoms with Crippen molar-refractivity contribution in [3.05, 3.63) is 39.7 Å². The van der Waals surface area contributed by atoms with Gasteiger partial charge in [-0.3, -0.25) is 10.1 Å². The second kappa shape index (κ2) is 4.84. The van der Waals surface area contributed by atoms with E-state index in [1.54, 1.807) is 6.92 Å². The lowest BCUT2D eigenvalue weighted by molar-refractivity contribution is -0.385. The molecule has 0 radical (unpaired) electrons. The van der Waals surface area contributed by atoms with Crippen LogP contribution in [0.25, 0.3) is 0 Å². The molecule has 0 saturated heterocycles. The van der Waals surface area contributed by atoms with Crippen LogP contribution in [0.5, 0.6) is 0 Å². The minimum atomic E-state index is -0.548. The Balaban J connectivity index is 2.92. The van der Waals surface area contributed by atoms with Gasteiger partial charge >= 0.3 is 0 Å². The van der Waals surface area contributed by atoms with E-state index < -0.39 is 16.8 Å². The summed E-state index contributed by atoms with van der Waals surface area (Å²) in [5.74, 6) is -0.499. The normalized spacial score (nSPS) is 12.5. The van der Waals surface area contributed by atoms with Crippen LogP contribution in [0.4, 0.5) is 10.1 Å². The summed E-state index contributed by atoms with van der Waals surface area (Å²) < 4.78 is 12.8. The summed E-state index contributed by atoms with van der Waals surface area (Å²) >= 11 is 0. The number of nitro groups is 1. The summed E-state index contributed by atoms with van der Waals surface area (Å²) in [7, 11) is 0. The van der Waals surface area contributed by atoms with Crippen molar-refractivity contribution in [3.8, 4) is 0 Å². The zero-order valence-electron chi connectivity index (χ0n) is 8.31. The second-order valence-corrected chi connectivity index (χ2v) is 3.42. The number of hydrogen-bond acceptors (Lipinski definition) is 3. The lowest BCUT2D eigenvalue weighted by Gasteiger charge is -2.05. The molecule has 0 amide bonds. The van der Waals surface area contributed by atoms with Crippen LogP contribution in [0.2, 0.25) is 0 Å². The van der Waals surface area contributed by atoms with Gasteiger partial charge in [-0.15, -0.1) is 0 Å². The van der Waals surface area contributed by atoms with Crippen LogP contribution < -0.4 is 0 Å². The predicted molar refractivity (Wildman–Crippen MR) is 53.1 cm³/mol. The first-order chi connectivity index (χ1) is 7.00. The summed E-state index contributed by atoms with van der Waals surface area (Å²) in [6, 6.07) is 3.34. The molecule has 4 nitrogen and oxygen atoms in total. The number of nitrogens with zero attached hydrogens (tertiary/aromatic N) is 1. The van der Waals surface area contributed by atoms with Crippen LogP contribution in [0, 0.1) is 15.9 Å². The Hall–Kier alpha value is -1.49. The fourth-order valence-corrected chi connectivity index (χ4v) is 1.30. The Bertz CT molecular complexity index is 366. The topological polar surface area (TPSA) is 63.4 Å². The van der Waals surface area contributed by atoms with Crippen molar-refractivity contribution in [2.75, 3.05) is 0 Å². The zero-order valence-corrected chi connectivity index (χ0v) is 8.31. The predicted octanol–water partition coefficient (Wildman–Crippen LogP) is 2.05. The molecule has 1 rings (SSSR count). The molecule has 0 saturated carbocycles. The van der Waals surface area contributed by atoms with E-state index in [1.807, 2.05) is 0 Å². The third-order valence-corrected chi connectivity index (χ3v) is 2.07. The highest BCUT2D eigenvalue weighted by Gasteiger charge is 2.14. The lowest BCUT2D eigenvalue weighted by Crippen LogP contribution is -2.03. The fraction of sp³-hybridized carbons (Fsp3) is 0.400. The van der Waals surface area contributed by atoms with Crippen molar-refractivity contribution in [2.24, 2.45) is 0 Å². The Morgan fingerprint density at radius 1 is 1.60 bits per heavy atom. The Morgan fingerprint density at radius 2 is 2.27 bits per heavy atom. The highest BCUT2D eigenvalue weighted by Crippen LogP contribution is 2.21. The van der Waals surface area contributed by atoms with E-state index in [1.165, 1.54) is 0 Å². The third kappa shape index (κ3) is 3.28. The SMILES string of the molecule is C[C@H](O)CCc1cc(F)ccc1[N+](=O)[O-]. The fourth-order valence-electron chi connectivity index (χ4n) is 1.30. The first-order valence-corrected chi connectivity index (χ1v) is 4.61. The van der Waals surface area contributed by atoms with Crippen LogP contribution >= 0.6 is 0 Å². The maximum absolute atomic E-state index is 12.8. The van der Waals surface area contributed by atoms with Crippen LogP contribution in [-0.4, -0.2) is 16.1 Å². The Morgan fingerprint density at radius 3 is 2.80 bits per heavy atom. The minimum absolute atomic E-state index is 0.1000. The number of hydrogen-bond donors (Lipinski definition) is 1. The van der Waals surface area contributed by atoms with E-state index in [0.29, 0.717) is 18.4 Å². The van der Waals surface area contributed by atoms with E-state index in [2.05, 4.69) is 0 Å². The van der Waals surface area contributed by atoms with E-state index in [9.17, 15) is 14.5 Å². The average Bonchev–Trinajstić information content (AvgIpc) is 2.14. The van der Waals surface area contributed by atoms with Gasteiger partial charge in [-0.1, -0.05) is 0 Å². The van der Waals surface area contributed by atoms with Crippen molar-refractivity contribution in [2.45, 2.75) is 25.9 Å². The smallest absolute Gasteiger partial charge is 0.272 e. The van der Waals surface area contributed by atoms with Crippen molar-refractivity contribution in [1.82, 2.24) is 0 Å². The largest absolute Gasteiger partial charge is 0.393 e. The van der Waals surface area contributed by atoms with E-state index in [0.717, 1.165) is 18.2 Å². The molecule has 0 aromatic heterocycles. The van der Waals surface area contributed by atoms with Crippen LogP contribution in [0.3, 0.4) is 0 Å². The molecular weight excluding hydrogens is 201 g/mol. The molecule has 0 aliphatic rings. The van der Waals surface area contributed by atoms with Gasteiger partial charge in [0.15, 0.2) is 0 Å². The summed E-state index contributed by atoms with van der Waals surface area (Å²) in [6.45, 7) is 1.59. The summed E-state index contributed by atoms with van der Waals surface area (Å²) in [5, 5.41) is 19.6. The van der Waals surface area contributed by atoms with Crippen molar-refractivity contribution >= 4 is 5.69 Å². The van der Waals surface area contributed by atoms with E-state index in [4.69, 9.17) is 5.11 Å². The van der Waals surface area contributed by atoms with Gasteiger partial charge in [0, 0.05) is 11.6 Å². The van der Waals surface area contributed by atoms with E-state index >= 15 is 0 Å². The van der Waals surface area contributed by atoms with Crippen molar-refractivity contribution in [1.29, 1.82) is 0 Å². The quantitative estimate of drug-likeness (QED) is 0.615. The van der Waals surface area contributed by atoms with Crippen LogP contribution in [-0.2, 0) is 6.42 Å². The van der Waals surface area contributed by atoms with Gasteiger partial charge in [0.05, 0.1) is 11.0 Å². The van der Waals surface area contributed by atoms with Gasteiger partial charge in [-0.05, 0) is 31.9 Å². The van der Waals surface area contributed by atoms with Crippen LogP contribution in [0.15, 0.2) is 18.2 Å². The number of aliphatic hydroxyl groups is 1. The second-order valence-electron chi connectivity index (χ2n) is 3.42. The maximum atomic E-state index is 12.8. The van der Waals surface area contributed by atoms with Gasteiger partial charge in [0.25, 0.3) is 5.69 Å². The summed E-state index contributed by atoms with van der Waals surface area (Å²) in [6.07, 6.45) is 0.128. The molecule has 0 heterocycles. The number of aliphatic hydroxyl groups excluding tert-OH is 1. The summed E-state index contributed by atoms with van der Waals surface area (Å²) in [4.78, 5) is 10.1. The first kappa shape index (κ1) is 11.6. The molecule has 1 atom stereocenters. The first-order valence-electron chi connectivity index (χ1n) is 4.61. The van der Waals surface area contributed by atoms with Crippen molar-refractivity contribution in [3.63, 3.8) is 0 Å². The van der Waals surface area contributed by atoms with E-state index in [-0.39, 0.29) is 5.69 Å². The number of rotatable bonds is 4. The molecule has 0 aliphatic heterocycles. The number of nitro benzene ring substituents is 1. The standard InChI is InChI=1S/C10H12FNO3/c1-7(13)2-3-8-6-9(11)4-5-10(8)12(14)15/h4-7,13H,2-3H2,1H3/t7-/m0/s1. The molecule has 0 fully saturated rings. The minimum Gasteiger partial charge on any atom is -0.393 e. The zero-order chi connectivity index (χ0) is 11.4. The maximum Gasteiger partial charge on any atom is 0.272 e. The Kier molecular flexibility index (Phi) is 3.74. The van der Waals surface area contributed by atoms with Gasteiger partial charge in [0.2, 0.25) is 0 Å². The van der Waals surface area contributed by atoms with Crippen molar-refractivity contribution < 1.29 is 14.4 Å². The molecule has 5 heteroatoms. The molecule has 1 aromatic rings. The lowest BCUT2D eigenvalue weighted by atomic mass is 10.1. The molecule has 15 heavy (non-hydrogen) atoms. The molecule has 1 aromatic carbocycles. The van der Waals surface area contributed by atoms with Crippen LogP contribution in [0.1, 0.15) is 18.9 Å². The summed E-state index contributed by atoms with van der Waals surface area (Å²) in [5.41, 5.74) is 0.220. The van der Waals surface area contributed by atoms with Gasteiger partial charge in [-0.25, -0.2) is 4.39 Å². The van der Waals surface area contributed by atoms with Gasteiger partial charge in [0.1, 0.15) is 5.82 Å². The molecule has 0 bridgehead atoms. The molecule has 1 N–H and O–H groups in total. The van der Waals surface area contributed by atoms with Gasteiger partial charge < -0.3 is 5.11 Å². The number of benzene rings is 1.